The van der Waals surface area contributed by atoms with Crippen LogP contribution in [0.2, 0.25) is 0 Å². The SMILES string of the molecule is Cc1nc(C)c(I)c(I)n1. The topological polar surface area (TPSA) is 25.8 Å². The molecular weight excluding hydrogens is 354 g/mol. The van der Waals surface area contributed by atoms with Crippen LogP contribution in [-0.4, -0.2) is 9.97 Å². The minimum Gasteiger partial charge on any atom is -0.237 e. The lowest BCUT2D eigenvalue weighted by molar-refractivity contribution is 0.976. The highest BCUT2D eigenvalue weighted by atomic mass is 127. The molecule has 0 spiro atoms. The van der Waals surface area contributed by atoms with Gasteiger partial charge in [0.2, 0.25) is 0 Å². The summed E-state index contributed by atoms with van der Waals surface area (Å²) in [6.07, 6.45) is 0. The van der Waals surface area contributed by atoms with Crippen molar-refractivity contribution in [2.45, 2.75) is 13.8 Å². The number of hydrogen-bond acceptors (Lipinski definition) is 2. The number of rotatable bonds is 0. The molecule has 1 aromatic rings. The second-order valence-electron chi connectivity index (χ2n) is 1.96. The number of halogens is 2. The molecular formula is C6H6I2N2. The molecule has 1 heterocycles. The van der Waals surface area contributed by atoms with Gasteiger partial charge in [-0.25, -0.2) is 9.97 Å². The van der Waals surface area contributed by atoms with Crippen molar-refractivity contribution in [2.75, 3.05) is 0 Å². The fourth-order valence-corrected chi connectivity index (χ4v) is 1.64. The second kappa shape index (κ2) is 3.29. The summed E-state index contributed by atoms with van der Waals surface area (Å²) in [5, 5.41) is 0. The van der Waals surface area contributed by atoms with E-state index in [0.29, 0.717) is 0 Å². The molecule has 0 amide bonds. The average Bonchev–Trinajstić information content (AvgIpc) is 1.82. The van der Waals surface area contributed by atoms with Crippen molar-refractivity contribution in [1.29, 1.82) is 0 Å². The van der Waals surface area contributed by atoms with Gasteiger partial charge in [0.1, 0.15) is 9.53 Å². The maximum atomic E-state index is 4.21. The third kappa shape index (κ3) is 1.77. The van der Waals surface area contributed by atoms with Gasteiger partial charge in [-0.2, -0.15) is 0 Å². The molecule has 0 atom stereocenters. The summed E-state index contributed by atoms with van der Waals surface area (Å²) in [6.45, 7) is 3.91. The third-order valence-corrected chi connectivity index (χ3v) is 4.19. The molecule has 0 saturated heterocycles. The van der Waals surface area contributed by atoms with Crippen LogP contribution < -0.4 is 0 Å². The van der Waals surface area contributed by atoms with Gasteiger partial charge in [-0.1, -0.05) is 0 Å². The van der Waals surface area contributed by atoms with E-state index in [1.54, 1.807) is 0 Å². The van der Waals surface area contributed by atoms with Gasteiger partial charge in [0.15, 0.2) is 0 Å². The monoisotopic (exact) mass is 360 g/mol. The van der Waals surface area contributed by atoms with Crippen LogP contribution in [0.15, 0.2) is 0 Å². The summed E-state index contributed by atoms with van der Waals surface area (Å²) < 4.78 is 2.20. The van der Waals surface area contributed by atoms with Crippen molar-refractivity contribution in [1.82, 2.24) is 9.97 Å². The Balaban J connectivity index is 3.31. The Labute approximate surface area is 87.1 Å². The van der Waals surface area contributed by atoms with Crippen LogP contribution in [0.25, 0.3) is 0 Å². The molecule has 0 aliphatic rings. The smallest absolute Gasteiger partial charge is 0.126 e. The lowest BCUT2D eigenvalue weighted by atomic mass is 10.4. The lowest BCUT2D eigenvalue weighted by Gasteiger charge is -1.99. The quantitative estimate of drug-likeness (QED) is 0.524. The molecule has 0 saturated carbocycles. The fraction of sp³-hybridized carbons (Fsp3) is 0.333. The van der Waals surface area contributed by atoms with Crippen LogP contribution in [0.4, 0.5) is 0 Å². The molecule has 2 nitrogen and oxygen atoms in total. The van der Waals surface area contributed by atoms with Crippen molar-refractivity contribution >= 4 is 45.2 Å². The molecule has 4 heteroatoms. The van der Waals surface area contributed by atoms with Gasteiger partial charge in [0.05, 0.1) is 9.26 Å². The maximum Gasteiger partial charge on any atom is 0.126 e. The molecule has 0 aromatic carbocycles. The summed E-state index contributed by atoms with van der Waals surface area (Å²) in [5.74, 6) is 0.849. The van der Waals surface area contributed by atoms with E-state index < -0.39 is 0 Å². The minimum atomic E-state index is 0.849. The zero-order valence-corrected chi connectivity index (χ0v) is 9.97. The first-order valence-corrected chi connectivity index (χ1v) is 4.93. The number of aryl methyl sites for hydroxylation is 2. The molecule has 54 valence electrons. The van der Waals surface area contributed by atoms with E-state index in [9.17, 15) is 0 Å². The Hall–Kier alpha value is 0.540. The number of hydrogen-bond donors (Lipinski definition) is 0. The van der Waals surface area contributed by atoms with Crippen molar-refractivity contribution in [3.8, 4) is 0 Å². The third-order valence-electron chi connectivity index (χ3n) is 1.09. The molecule has 0 bridgehead atoms. The first-order valence-electron chi connectivity index (χ1n) is 2.77. The van der Waals surface area contributed by atoms with Crippen molar-refractivity contribution in [2.24, 2.45) is 0 Å². The first kappa shape index (κ1) is 8.63. The molecule has 0 fully saturated rings. The first-order chi connectivity index (χ1) is 4.61. The number of nitrogens with zero attached hydrogens (tertiary/aromatic N) is 2. The molecule has 0 aliphatic heterocycles. The largest absolute Gasteiger partial charge is 0.237 e. The summed E-state index contributed by atoms with van der Waals surface area (Å²) in [7, 11) is 0. The normalized spacial score (nSPS) is 10.0. The predicted octanol–water partition coefficient (Wildman–Crippen LogP) is 2.30. The van der Waals surface area contributed by atoms with Gasteiger partial charge >= 0.3 is 0 Å². The van der Waals surface area contributed by atoms with Crippen molar-refractivity contribution < 1.29 is 0 Å². The molecule has 0 radical (unpaired) electrons. The second-order valence-corrected chi connectivity index (χ2v) is 4.06. The summed E-state index contributed by atoms with van der Waals surface area (Å²) >= 11 is 4.47. The van der Waals surface area contributed by atoms with Crippen LogP contribution in [0, 0.1) is 21.1 Å². The Morgan fingerprint density at radius 3 is 2.20 bits per heavy atom. The molecule has 0 aliphatic carbocycles. The molecule has 0 unspecified atom stereocenters. The van der Waals surface area contributed by atoms with E-state index in [1.807, 2.05) is 13.8 Å². The van der Waals surface area contributed by atoms with Crippen LogP contribution in [0.3, 0.4) is 0 Å². The highest BCUT2D eigenvalue weighted by Crippen LogP contribution is 2.14. The summed E-state index contributed by atoms with van der Waals surface area (Å²) in [6, 6.07) is 0. The van der Waals surface area contributed by atoms with Gasteiger partial charge in [-0.05, 0) is 59.0 Å². The predicted molar refractivity (Wildman–Crippen MR) is 56.9 cm³/mol. The zero-order chi connectivity index (χ0) is 7.72. The molecule has 1 rings (SSSR count). The van der Waals surface area contributed by atoms with E-state index in [4.69, 9.17) is 0 Å². The summed E-state index contributed by atoms with van der Waals surface area (Å²) in [4.78, 5) is 8.41. The van der Waals surface area contributed by atoms with Crippen LogP contribution in [-0.2, 0) is 0 Å². The highest BCUT2D eigenvalue weighted by molar-refractivity contribution is 14.1. The van der Waals surface area contributed by atoms with Crippen molar-refractivity contribution in [3.63, 3.8) is 0 Å². The molecule has 0 N–H and O–H groups in total. The Morgan fingerprint density at radius 1 is 1.10 bits per heavy atom. The van der Waals surface area contributed by atoms with Gasteiger partial charge in [-0.15, -0.1) is 0 Å². The van der Waals surface area contributed by atoms with E-state index >= 15 is 0 Å². The lowest BCUT2D eigenvalue weighted by Crippen LogP contribution is -1.97. The van der Waals surface area contributed by atoms with E-state index in [-0.39, 0.29) is 0 Å². The van der Waals surface area contributed by atoms with Crippen LogP contribution >= 0.6 is 45.2 Å². The molecule has 10 heavy (non-hydrogen) atoms. The minimum absolute atomic E-state index is 0.849. The maximum absolute atomic E-state index is 4.21. The standard InChI is InChI=1S/C6H6I2N2/c1-3-5(7)6(8)10-4(2)9-3/h1-2H3. The van der Waals surface area contributed by atoms with E-state index in [1.165, 1.54) is 0 Å². The van der Waals surface area contributed by atoms with Gasteiger partial charge in [0.25, 0.3) is 0 Å². The Bertz CT molecular complexity index is 237. The van der Waals surface area contributed by atoms with Crippen LogP contribution in [0.5, 0.6) is 0 Å². The van der Waals surface area contributed by atoms with Gasteiger partial charge < -0.3 is 0 Å². The fourth-order valence-electron chi connectivity index (χ4n) is 0.657. The highest BCUT2D eigenvalue weighted by Gasteiger charge is 2.02. The van der Waals surface area contributed by atoms with Crippen LogP contribution in [0.1, 0.15) is 11.5 Å². The zero-order valence-electron chi connectivity index (χ0n) is 5.65. The molecule has 1 aromatic heterocycles. The van der Waals surface area contributed by atoms with E-state index in [0.717, 1.165) is 18.8 Å². The Kier molecular flexibility index (Phi) is 2.84. The van der Waals surface area contributed by atoms with E-state index in [2.05, 4.69) is 55.1 Å². The van der Waals surface area contributed by atoms with Crippen molar-refractivity contribution in [3.05, 3.63) is 18.8 Å². The van der Waals surface area contributed by atoms with Gasteiger partial charge in [-0.3, -0.25) is 0 Å². The van der Waals surface area contributed by atoms with Gasteiger partial charge in [0, 0.05) is 0 Å². The number of aromatic nitrogens is 2. The average molecular weight is 360 g/mol. The summed E-state index contributed by atoms with van der Waals surface area (Å²) in [5.41, 5.74) is 1.07. The Morgan fingerprint density at radius 2 is 1.70 bits per heavy atom.